The highest BCUT2D eigenvalue weighted by Gasteiger charge is 2.35. The van der Waals surface area contributed by atoms with Crippen LogP contribution in [0.15, 0.2) is 42.5 Å². The highest BCUT2D eigenvalue weighted by Crippen LogP contribution is 2.36. The number of aliphatic hydroxyl groups is 1. The summed E-state index contributed by atoms with van der Waals surface area (Å²) in [6.45, 7) is 0.923. The van der Waals surface area contributed by atoms with Crippen molar-refractivity contribution in [3.63, 3.8) is 0 Å². The number of nitrogens with one attached hydrogen (secondary N) is 1. The van der Waals surface area contributed by atoms with E-state index in [1.807, 2.05) is 24.3 Å². The second-order valence-corrected chi connectivity index (χ2v) is 5.95. The molecule has 0 saturated heterocycles. The Bertz CT molecular complexity index is 659. The molecule has 2 aromatic rings. The lowest BCUT2D eigenvalue weighted by Gasteiger charge is -2.24. The summed E-state index contributed by atoms with van der Waals surface area (Å²) in [7, 11) is 0. The average molecular weight is 304 g/mol. The number of benzene rings is 2. The highest BCUT2D eigenvalue weighted by atomic mass is 35.5. The van der Waals surface area contributed by atoms with Gasteiger partial charge in [0.15, 0.2) is 0 Å². The molecule has 4 heteroatoms. The summed E-state index contributed by atoms with van der Waals surface area (Å²) in [5, 5.41) is 24.2. The van der Waals surface area contributed by atoms with Gasteiger partial charge in [-0.2, -0.15) is 0 Å². The monoisotopic (exact) mass is 303 g/mol. The summed E-state index contributed by atoms with van der Waals surface area (Å²) in [6, 6.07) is 13.3. The maximum absolute atomic E-state index is 10.8. The van der Waals surface area contributed by atoms with E-state index in [-0.39, 0.29) is 5.75 Å². The van der Waals surface area contributed by atoms with Crippen molar-refractivity contribution in [2.45, 2.75) is 25.0 Å². The van der Waals surface area contributed by atoms with Crippen molar-refractivity contribution in [2.75, 3.05) is 6.54 Å². The molecule has 0 bridgehead atoms. The first kappa shape index (κ1) is 14.4. The summed E-state index contributed by atoms with van der Waals surface area (Å²) in [5.74, 6) is 0.102. The van der Waals surface area contributed by atoms with Crippen LogP contribution in [0.2, 0.25) is 5.02 Å². The lowest BCUT2D eigenvalue weighted by molar-refractivity contribution is 0.0384. The molecule has 3 N–H and O–H groups in total. The van der Waals surface area contributed by atoms with E-state index in [1.54, 1.807) is 12.1 Å². The highest BCUT2D eigenvalue weighted by molar-refractivity contribution is 6.32. The third-order valence-electron chi connectivity index (χ3n) is 4.13. The van der Waals surface area contributed by atoms with Crippen molar-refractivity contribution in [3.05, 3.63) is 64.2 Å². The fraction of sp³-hybridized carbons (Fsp3) is 0.294. The van der Waals surface area contributed by atoms with Gasteiger partial charge in [-0.05, 0) is 30.0 Å². The van der Waals surface area contributed by atoms with Crippen LogP contribution in [0.3, 0.4) is 0 Å². The number of fused-ring (bicyclic) bond motifs is 1. The third-order valence-corrected chi connectivity index (χ3v) is 4.43. The van der Waals surface area contributed by atoms with Crippen LogP contribution in [-0.4, -0.2) is 16.8 Å². The van der Waals surface area contributed by atoms with Crippen LogP contribution in [0, 0.1) is 0 Å². The molecule has 0 radical (unpaired) electrons. The fourth-order valence-corrected chi connectivity index (χ4v) is 3.15. The number of para-hydroxylation sites is 1. The molecule has 0 fully saturated rings. The first-order chi connectivity index (χ1) is 10.1. The molecule has 2 aromatic carbocycles. The van der Waals surface area contributed by atoms with E-state index in [9.17, 15) is 10.2 Å². The van der Waals surface area contributed by atoms with E-state index in [1.165, 1.54) is 5.56 Å². The second-order valence-electron chi connectivity index (χ2n) is 5.54. The van der Waals surface area contributed by atoms with Crippen LogP contribution < -0.4 is 5.32 Å². The Kier molecular flexibility index (Phi) is 3.89. The van der Waals surface area contributed by atoms with E-state index in [0.717, 1.165) is 24.0 Å². The standard InChI is InChI=1S/C17H18ClNO2/c18-15-7-3-5-13(16(15)20)10-19-11-17(21)9-8-12-4-1-2-6-14(12)17/h1-7,19-21H,8-11H2. The van der Waals surface area contributed by atoms with E-state index in [2.05, 4.69) is 11.4 Å². The molecule has 1 atom stereocenters. The van der Waals surface area contributed by atoms with Crippen LogP contribution >= 0.6 is 11.6 Å². The van der Waals surface area contributed by atoms with Gasteiger partial charge in [0, 0.05) is 18.7 Å². The quantitative estimate of drug-likeness (QED) is 0.814. The summed E-state index contributed by atoms with van der Waals surface area (Å²) < 4.78 is 0. The topological polar surface area (TPSA) is 52.5 Å². The molecular formula is C17H18ClNO2. The second kappa shape index (κ2) is 5.68. The van der Waals surface area contributed by atoms with Gasteiger partial charge in [0.25, 0.3) is 0 Å². The molecule has 0 aliphatic heterocycles. The molecule has 0 spiro atoms. The normalized spacial score (nSPS) is 20.5. The maximum Gasteiger partial charge on any atom is 0.138 e. The van der Waals surface area contributed by atoms with Gasteiger partial charge in [-0.3, -0.25) is 0 Å². The Morgan fingerprint density at radius 1 is 1.14 bits per heavy atom. The first-order valence-corrected chi connectivity index (χ1v) is 7.46. The molecule has 0 heterocycles. The number of rotatable bonds is 4. The maximum atomic E-state index is 10.8. The number of hydrogen-bond donors (Lipinski definition) is 3. The number of aromatic hydroxyl groups is 1. The number of halogens is 1. The largest absolute Gasteiger partial charge is 0.506 e. The van der Waals surface area contributed by atoms with E-state index in [0.29, 0.717) is 18.1 Å². The van der Waals surface area contributed by atoms with Crippen molar-refractivity contribution in [3.8, 4) is 5.75 Å². The Hall–Kier alpha value is -1.55. The molecule has 110 valence electrons. The summed E-state index contributed by atoms with van der Waals surface area (Å²) in [6.07, 6.45) is 1.62. The SMILES string of the molecule is Oc1c(Cl)cccc1CNCC1(O)CCc2ccccc21. The Balaban J connectivity index is 1.67. The van der Waals surface area contributed by atoms with Gasteiger partial charge in [0.05, 0.1) is 5.02 Å². The lowest BCUT2D eigenvalue weighted by Crippen LogP contribution is -2.36. The van der Waals surface area contributed by atoms with Gasteiger partial charge in [-0.1, -0.05) is 48.0 Å². The number of aryl methyl sites for hydroxylation is 1. The van der Waals surface area contributed by atoms with Gasteiger partial charge in [0.1, 0.15) is 11.4 Å². The molecule has 3 nitrogen and oxygen atoms in total. The van der Waals surface area contributed by atoms with Crippen LogP contribution in [0.25, 0.3) is 0 Å². The average Bonchev–Trinajstić information content (AvgIpc) is 2.82. The predicted octanol–water partition coefficient (Wildman–Crippen LogP) is 2.97. The molecule has 21 heavy (non-hydrogen) atoms. The first-order valence-electron chi connectivity index (χ1n) is 7.08. The van der Waals surface area contributed by atoms with Crippen LogP contribution in [0.4, 0.5) is 0 Å². The van der Waals surface area contributed by atoms with Crippen LogP contribution in [0.5, 0.6) is 5.75 Å². The molecule has 0 amide bonds. The molecular weight excluding hydrogens is 286 g/mol. The summed E-state index contributed by atoms with van der Waals surface area (Å²) in [4.78, 5) is 0. The Labute approximate surface area is 129 Å². The zero-order chi connectivity index (χ0) is 14.9. The van der Waals surface area contributed by atoms with E-state index < -0.39 is 5.60 Å². The summed E-state index contributed by atoms with van der Waals surface area (Å²) >= 11 is 5.89. The zero-order valence-corrected chi connectivity index (χ0v) is 12.4. The molecule has 3 rings (SSSR count). The lowest BCUT2D eigenvalue weighted by atomic mass is 9.96. The van der Waals surface area contributed by atoms with Crippen molar-refractivity contribution >= 4 is 11.6 Å². The van der Waals surface area contributed by atoms with E-state index >= 15 is 0 Å². The molecule has 0 aromatic heterocycles. The van der Waals surface area contributed by atoms with Crippen LogP contribution in [0.1, 0.15) is 23.1 Å². The zero-order valence-electron chi connectivity index (χ0n) is 11.6. The summed E-state index contributed by atoms with van der Waals surface area (Å²) in [5.41, 5.74) is 2.13. The van der Waals surface area contributed by atoms with Gasteiger partial charge >= 0.3 is 0 Å². The molecule has 1 unspecified atom stereocenters. The van der Waals surface area contributed by atoms with Gasteiger partial charge in [0.2, 0.25) is 0 Å². The minimum atomic E-state index is -0.829. The van der Waals surface area contributed by atoms with E-state index in [4.69, 9.17) is 11.6 Å². The third kappa shape index (κ3) is 2.77. The van der Waals surface area contributed by atoms with Crippen molar-refractivity contribution < 1.29 is 10.2 Å². The van der Waals surface area contributed by atoms with Gasteiger partial charge in [-0.15, -0.1) is 0 Å². The molecule has 0 saturated carbocycles. The predicted molar refractivity (Wildman–Crippen MR) is 83.5 cm³/mol. The Morgan fingerprint density at radius 2 is 1.95 bits per heavy atom. The molecule has 1 aliphatic rings. The number of phenolic OH excluding ortho intramolecular Hbond substituents is 1. The Morgan fingerprint density at radius 3 is 2.81 bits per heavy atom. The number of hydrogen-bond acceptors (Lipinski definition) is 3. The smallest absolute Gasteiger partial charge is 0.138 e. The minimum Gasteiger partial charge on any atom is -0.506 e. The van der Waals surface area contributed by atoms with Gasteiger partial charge < -0.3 is 15.5 Å². The van der Waals surface area contributed by atoms with Crippen molar-refractivity contribution in [1.82, 2.24) is 5.32 Å². The van der Waals surface area contributed by atoms with Crippen molar-refractivity contribution in [2.24, 2.45) is 0 Å². The minimum absolute atomic E-state index is 0.102. The van der Waals surface area contributed by atoms with Crippen LogP contribution in [-0.2, 0) is 18.6 Å². The number of phenols is 1. The van der Waals surface area contributed by atoms with Gasteiger partial charge in [-0.25, -0.2) is 0 Å². The molecule has 1 aliphatic carbocycles. The van der Waals surface area contributed by atoms with Crippen molar-refractivity contribution in [1.29, 1.82) is 0 Å². The fourth-order valence-electron chi connectivity index (χ4n) is 2.96.